The fourth-order valence-corrected chi connectivity index (χ4v) is 2.36. The van der Waals surface area contributed by atoms with E-state index in [4.69, 9.17) is 4.74 Å². The van der Waals surface area contributed by atoms with Crippen molar-refractivity contribution in [3.8, 4) is 0 Å². The molecule has 4 nitrogen and oxygen atoms in total. The van der Waals surface area contributed by atoms with Crippen molar-refractivity contribution in [2.75, 3.05) is 31.6 Å². The molecule has 0 saturated carbocycles. The third kappa shape index (κ3) is 3.68. The Kier molecular flexibility index (Phi) is 4.19. The second-order valence-electron chi connectivity index (χ2n) is 5.40. The molecule has 0 aromatic carbocycles. The van der Waals surface area contributed by atoms with Crippen molar-refractivity contribution in [2.24, 2.45) is 0 Å². The van der Waals surface area contributed by atoms with Gasteiger partial charge < -0.3 is 10.1 Å². The van der Waals surface area contributed by atoms with Crippen molar-refractivity contribution >= 4 is 5.82 Å². The maximum absolute atomic E-state index is 5.73. The average molecular weight is 249 g/mol. The zero-order valence-electron chi connectivity index (χ0n) is 11.6. The first-order valence-corrected chi connectivity index (χ1v) is 6.64. The molecule has 1 N–H and O–H groups in total. The lowest BCUT2D eigenvalue weighted by Crippen LogP contribution is -2.47. The monoisotopic (exact) mass is 249 g/mol. The van der Waals surface area contributed by atoms with Crippen LogP contribution in [0.15, 0.2) is 18.3 Å². The summed E-state index contributed by atoms with van der Waals surface area (Å²) in [5, 5.41) is 3.25. The van der Waals surface area contributed by atoms with E-state index in [-0.39, 0.29) is 5.60 Å². The summed E-state index contributed by atoms with van der Waals surface area (Å²) in [7, 11) is 0. The molecule has 2 heterocycles. The Bertz CT molecular complexity index is 392. The molecule has 0 aliphatic carbocycles. The highest BCUT2D eigenvalue weighted by Crippen LogP contribution is 2.19. The number of nitrogens with one attached hydrogen (secondary N) is 1. The van der Waals surface area contributed by atoms with Crippen molar-refractivity contribution < 1.29 is 4.74 Å². The molecule has 0 radical (unpaired) electrons. The third-order valence-electron chi connectivity index (χ3n) is 3.09. The van der Waals surface area contributed by atoms with Gasteiger partial charge in [-0.2, -0.15) is 0 Å². The molecule has 0 amide bonds. The van der Waals surface area contributed by atoms with E-state index in [9.17, 15) is 0 Å². The minimum Gasteiger partial charge on any atom is -0.373 e. The van der Waals surface area contributed by atoms with Gasteiger partial charge in [-0.25, -0.2) is 4.98 Å². The largest absolute Gasteiger partial charge is 0.373 e. The minimum absolute atomic E-state index is 0.0320. The maximum atomic E-state index is 5.73. The SMILES string of the molecule is CCNc1cc(CN2CCOC(C)(C)C2)ccn1. The number of pyridine rings is 1. The van der Waals surface area contributed by atoms with Crippen LogP contribution in [0.5, 0.6) is 0 Å². The number of nitrogens with zero attached hydrogens (tertiary/aromatic N) is 2. The van der Waals surface area contributed by atoms with Gasteiger partial charge in [0.05, 0.1) is 12.2 Å². The standard InChI is InChI=1S/C14H23N3O/c1-4-15-13-9-12(5-6-16-13)10-17-7-8-18-14(2,3)11-17/h5-6,9H,4,7-8,10-11H2,1-3H3,(H,15,16). The number of hydrogen-bond donors (Lipinski definition) is 1. The summed E-state index contributed by atoms with van der Waals surface area (Å²) in [6.45, 7) is 11.0. The number of aromatic nitrogens is 1. The molecule has 18 heavy (non-hydrogen) atoms. The van der Waals surface area contributed by atoms with E-state index in [0.717, 1.165) is 38.6 Å². The quantitative estimate of drug-likeness (QED) is 0.887. The first-order valence-electron chi connectivity index (χ1n) is 6.64. The summed E-state index contributed by atoms with van der Waals surface area (Å²) < 4.78 is 5.73. The fraction of sp³-hybridized carbons (Fsp3) is 0.643. The molecule has 1 aliphatic heterocycles. The Morgan fingerprint density at radius 3 is 3.06 bits per heavy atom. The van der Waals surface area contributed by atoms with Gasteiger partial charge in [0.25, 0.3) is 0 Å². The average Bonchev–Trinajstić information content (AvgIpc) is 2.28. The lowest BCUT2D eigenvalue weighted by atomic mass is 10.1. The molecule has 1 saturated heterocycles. The van der Waals surface area contributed by atoms with Gasteiger partial charge >= 0.3 is 0 Å². The minimum atomic E-state index is -0.0320. The van der Waals surface area contributed by atoms with Crippen molar-refractivity contribution in [1.82, 2.24) is 9.88 Å². The lowest BCUT2D eigenvalue weighted by molar-refractivity contribution is -0.0882. The highest BCUT2D eigenvalue weighted by molar-refractivity contribution is 5.37. The molecule has 0 spiro atoms. The van der Waals surface area contributed by atoms with E-state index in [1.54, 1.807) is 0 Å². The Labute approximate surface area is 109 Å². The number of anilines is 1. The maximum Gasteiger partial charge on any atom is 0.126 e. The molecule has 0 unspecified atom stereocenters. The van der Waals surface area contributed by atoms with Crippen LogP contribution >= 0.6 is 0 Å². The molecule has 1 aliphatic rings. The molecule has 1 aromatic heterocycles. The molecule has 100 valence electrons. The normalized spacial score (nSPS) is 19.7. The predicted octanol–water partition coefficient (Wildman–Crippen LogP) is 2.12. The van der Waals surface area contributed by atoms with Crippen LogP contribution in [0.25, 0.3) is 0 Å². The lowest BCUT2D eigenvalue weighted by Gasteiger charge is -2.38. The summed E-state index contributed by atoms with van der Waals surface area (Å²) in [5.41, 5.74) is 1.27. The molecule has 1 fully saturated rings. The Balaban J connectivity index is 1.98. The first-order chi connectivity index (χ1) is 8.59. The zero-order valence-corrected chi connectivity index (χ0v) is 11.6. The summed E-state index contributed by atoms with van der Waals surface area (Å²) in [4.78, 5) is 6.74. The Morgan fingerprint density at radius 1 is 1.50 bits per heavy atom. The fourth-order valence-electron chi connectivity index (χ4n) is 2.36. The molecule has 4 heteroatoms. The van der Waals surface area contributed by atoms with E-state index < -0.39 is 0 Å². The second-order valence-corrected chi connectivity index (χ2v) is 5.40. The van der Waals surface area contributed by atoms with E-state index >= 15 is 0 Å². The molecule has 1 aromatic rings. The van der Waals surface area contributed by atoms with Crippen molar-refractivity contribution in [3.05, 3.63) is 23.9 Å². The predicted molar refractivity (Wildman–Crippen MR) is 73.7 cm³/mol. The Hall–Kier alpha value is -1.13. The van der Waals surface area contributed by atoms with Crippen LogP contribution in [-0.4, -0.2) is 41.7 Å². The van der Waals surface area contributed by atoms with Gasteiger partial charge in [0.15, 0.2) is 0 Å². The summed E-state index contributed by atoms with van der Waals surface area (Å²) >= 11 is 0. The highest BCUT2D eigenvalue weighted by atomic mass is 16.5. The molecule has 0 atom stereocenters. The number of morpholine rings is 1. The highest BCUT2D eigenvalue weighted by Gasteiger charge is 2.26. The van der Waals surface area contributed by atoms with Crippen molar-refractivity contribution in [1.29, 1.82) is 0 Å². The van der Waals surface area contributed by atoms with Gasteiger partial charge in [-0.1, -0.05) is 0 Å². The van der Waals surface area contributed by atoms with Gasteiger partial charge in [0.2, 0.25) is 0 Å². The summed E-state index contributed by atoms with van der Waals surface area (Å²) in [5.74, 6) is 0.961. The van der Waals surface area contributed by atoms with Crippen LogP contribution in [0.3, 0.4) is 0 Å². The van der Waals surface area contributed by atoms with Crippen LogP contribution < -0.4 is 5.32 Å². The zero-order chi connectivity index (χ0) is 13.0. The smallest absolute Gasteiger partial charge is 0.126 e. The first kappa shape index (κ1) is 13.3. The summed E-state index contributed by atoms with van der Waals surface area (Å²) in [6, 6.07) is 4.22. The molecular weight excluding hydrogens is 226 g/mol. The van der Waals surface area contributed by atoms with E-state index in [1.165, 1.54) is 5.56 Å². The van der Waals surface area contributed by atoms with Crippen LogP contribution in [0.4, 0.5) is 5.82 Å². The van der Waals surface area contributed by atoms with E-state index in [1.807, 2.05) is 6.20 Å². The number of ether oxygens (including phenoxy) is 1. The van der Waals surface area contributed by atoms with Crippen molar-refractivity contribution in [2.45, 2.75) is 32.9 Å². The van der Waals surface area contributed by atoms with Crippen LogP contribution in [0, 0.1) is 0 Å². The van der Waals surface area contributed by atoms with Gasteiger partial charge in [0.1, 0.15) is 5.82 Å². The van der Waals surface area contributed by atoms with Gasteiger partial charge in [0, 0.05) is 32.4 Å². The van der Waals surface area contributed by atoms with Gasteiger partial charge in [-0.05, 0) is 38.5 Å². The molecular formula is C14H23N3O. The van der Waals surface area contributed by atoms with Crippen molar-refractivity contribution in [3.63, 3.8) is 0 Å². The topological polar surface area (TPSA) is 37.4 Å². The van der Waals surface area contributed by atoms with Gasteiger partial charge in [-0.3, -0.25) is 4.90 Å². The summed E-state index contributed by atoms with van der Waals surface area (Å²) in [6.07, 6.45) is 1.87. The van der Waals surface area contributed by atoms with Gasteiger partial charge in [-0.15, -0.1) is 0 Å². The third-order valence-corrected chi connectivity index (χ3v) is 3.09. The Morgan fingerprint density at radius 2 is 2.33 bits per heavy atom. The molecule has 2 rings (SSSR count). The van der Waals surface area contributed by atoms with Crippen LogP contribution in [0.2, 0.25) is 0 Å². The van der Waals surface area contributed by atoms with Crippen LogP contribution in [0.1, 0.15) is 26.3 Å². The number of hydrogen-bond acceptors (Lipinski definition) is 4. The number of rotatable bonds is 4. The van der Waals surface area contributed by atoms with E-state index in [0.29, 0.717) is 0 Å². The molecule has 0 bridgehead atoms. The van der Waals surface area contributed by atoms with Crippen LogP contribution in [-0.2, 0) is 11.3 Å². The second kappa shape index (κ2) is 5.67. The van der Waals surface area contributed by atoms with E-state index in [2.05, 4.69) is 48.1 Å².